The van der Waals surface area contributed by atoms with Gasteiger partial charge in [0.25, 0.3) is 11.8 Å². The standard InChI is InChI=1S/C20H21N3O2/c1-3-23(14-13-16-7-5-4-6-8-16)20(24)18-11-9-17(10-12-18)19-21-15(2)22-25-19/h4-12H,3,13-14H2,1-2H3. The first-order chi connectivity index (χ1) is 12.2. The van der Waals surface area contributed by atoms with Gasteiger partial charge in [0, 0.05) is 24.2 Å². The third-order valence-corrected chi connectivity index (χ3v) is 4.09. The predicted octanol–water partition coefficient (Wildman–Crippen LogP) is 3.75. The highest BCUT2D eigenvalue weighted by atomic mass is 16.5. The first kappa shape index (κ1) is 16.9. The summed E-state index contributed by atoms with van der Waals surface area (Å²) < 4.78 is 5.15. The molecule has 0 bridgehead atoms. The average Bonchev–Trinajstić information content (AvgIpc) is 3.09. The highest BCUT2D eigenvalue weighted by molar-refractivity contribution is 5.94. The number of carbonyl (C=O) groups is 1. The lowest BCUT2D eigenvalue weighted by molar-refractivity contribution is 0.0766. The molecule has 0 spiro atoms. The Balaban J connectivity index is 1.68. The predicted molar refractivity (Wildman–Crippen MR) is 96.2 cm³/mol. The maximum atomic E-state index is 12.7. The lowest BCUT2D eigenvalue weighted by atomic mass is 10.1. The van der Waals surface area contributed by atoms with Gasteiger partial charge in [0.05, 0.1) is 0 Å². The molecule has 3 aromatic rings. The molecule has 5 nitrogen and oxygen atoms in total. The fraction of sp³-hybridized carbons (Fsp3) is 0.250. The Hall–Kier alpha value is -2.95. The fourth-order valence-corrected chi connectivity index (χ4v) is 2.66. The van der Waals surface area contributed by atoms with Crippen LogP contribution in [-0.4, -0.2) is 34.0 Å². The SMILES string of the molecule is CCN(CCc1ccccc1)C(=O)c1ccc(-c2nc(C)no2)cc1. The minimum atomic E-state index is 0.0340. The van der Waals surface area contributed by atoms with E-state index in [-0.39, 0.29) is 5.91 Å². The molecule has 0 aliphatic carbocycles. The number of likely N-dealkylation sites (N-methyl/N-ethyl adjacent to an activating group) is 1. The summed E-state index contributed by atoms with van der Waals surface area (Å²) in [5.74, 6) is 1.09. The summed E-state index contributed by atoms with van der Waals surface area (Å²) in [5, 5.41) is 3.78. The zero-order valence-corrected chi connectivity index (χ0v) is 14.5. The first-order valence-electron chi connectivity index (χ1n) is 8.41. The Labute approximate surface area is 147 Å². The van der Waals surface area contributed by atoms with E-state index in [9.17, 15) is 4.79 Å². The summed E-state index contributed by atoms with van der Waals surface area (Å²) in [7, 11) is 0. The zero-order valence-electron chi connectivity index (χ0n) is 14.5. The van der Waals surface area contributed by atoms with Crippen molar-refractivity contribution in [3.8, 4) is 11.5 Å². The van der Waals surface area contributed by atoms with Crippen molar-refractivity contribution in [1.29, 1.82) is 0 Å². The number of hydrogen-bond donors (Lipinski definition) is 0. The van der Waals surface area contributed by atoms with Crippen molar-refractivity contribution in [2.75, 3.05) is 13.1 Å². The molecule has 0 aliphatic rings. The zero-order chi connectivity index (χ0) is 17.6. The third kappa shape index (κ3) is 4.12. The Kier molecular flexibility index (Phi) is 5.23. The van der Waals surface area contributed by atoms with Gasteiger partial charge >= 0.3 is 0 Å². The van der Waals surface area contributed by atoms with Crippen LogP contribution in [-0.2, 0) is 6.42 Å². The molecule has 3 rings (SSSR count). The van der Waals surface area contributed by atoms with Crippen LogP contribution in [0.4, 0.5) is 0 Å². The van der Waals surface area contributed by atoms with Gasteiger partial charge in [-0.2, -0.15) is 4.98 Å². The summed E-state index contributed by atoms with van der Waals surface area (Å²) >= 11 is 0. The van der Waals surface area contributed by atoms with Gasteiger partial charge in [-0.05, 0) is 50.1 Å². The van der Waals surface area contributed by atoms with Gasteiger partial charge in [0.15, 0.2) is 5.82 Å². The largest absolute Gasteiger partial charge is 0.339 e. The van der Waals surface area contributed by atoms with Gasteiger partial charge in [-0.1, -0.05) is 35.5 Å². The minimum Gasteiger partial charge on any atom is -0.339 e. The van der Waals surface area contributed by atoms with Crippen molar-refractivity contribution < 1.29 is 9.32 Å². The molecule has 0 unspecified atom stereocenters. The molecule has 0 fully saturated rings. The van der Waals surface area contributed by atoms with E-state index in [0.29, 0.717) is 30.4 Å². The van der Waals surface area contributed by atoms with E-state index in [1.807, 2.05) is 54.3 Å². The van der Waals surface area contributed by atoms with Gasteiger partial charge in [0.2, 0.25) is 0 Å². The number of nitrogens with zero attached hydrogens (tertiary/aromatic N) is 3. The van der Waals surface area contributed by atoms with Crippen LogP contribution in [0, 0.1) is 6.92 Å². The molecule has 128 valence electrons. The molecule has 1 aromatic heterocycles. The van der Waals surface area contributed by atoms with Crippen LogP contribution in [0.25, 0.3) is 11.5 Å². The Bertz CT molecular complexity index is 826. The van der Waals surface area contributed by atoms with E-state index in [2.05, 4.69) is 22.3 Å². The second kappa shape index (κ2) is 7.75. The van der Waals surface area contributed by atoms with Crippen LogP contribution < -0.4 is 0 Å². The maximum Gasteiger partial charge on any atom is 0.257 e. The van der Waals surface area contributed by atoms with E-state index in [1.54, 1.807) is 6.92 Å². The van der Waals surface area contributed by atoms with Crippen LogP contribution in [0.15, 0.2) is 59.1 Å². The summed E-state index contributed by atoms with van der Waals surface area (Å²) in [6.45, 7) is 5.15. The van der Waals surface area contributed by atoms with Crippen LogP contribution in [0.1, 0.15) is 28.7 Å². The summed E-state index contributed by atoms with van der Waals surface area (Å²) in [4.78, 5) is 18.8. The molecule has 0 saturated carbocycles. The Morgan fingerprint density at radius 1 is 1.08 bits per heavy atom. The molecular weight excluding hydrogens is 314 g/mol. The molecule has 5 heteroatoms. The number of benzene rings is 2. The highest BCUT2D eigenvalue weighted by Crippen LogP contribution is 2.18. The van der Waals surface area contributed by atoms with E-state index in [1.165, 1.54) is 5.56 Å². The molecule has 0 saturated heterocycles. The van der Waals surface area contributed by atoms with Crippen LogP contribution in [0.5, 0.6) is 0 Å². The number of carbonyl (C=O) groups excluding carboxylic acids is 1. The molecule has 1 amide bonds. The van der Waals surface area contributed by atoms with Crippen molar-refractivity contribution >= 4 is 5.91 Å². The van der Waals surface area contributed by atoms with Crippen molar-refractivity contribution in [2.45, 2.75) is 20.3 Å². The van der Waals surface area contributed by atoms with Gasteiger partial charge in [-0.25, -0.2) is 0 Å². The smallest absolute Gasteiger partial charge is 0.257 e. The lowest BCUT2D eigenvalue weighted by Gasteiger charge is -2.21. The summed E-state index contributed by atoms with van der Waals surface area (Å²) in [6.07, 6.45) is 0.847. The normalized spacial score (nSPS) is 10.6. The van der Waals surface area contributed by atoms with E-state index in [4.69, 9.17) is 4.52 Å². The van der Waals surface area contributed by atoms with Gasteiger partial charge in [0.1, 0.15) is 0 Å². The number of aromatic nitrogens is 2. The number of aryl methyl sites for hydroxylation is 1. The Morgan fingerprint density at radius 2 is 1.80 bits per heavy atom. The fourth-order valence-electron chi connectivity index (χ4n) is 2.66. The topological polar surface area (TPSA) is 59.2 Å². The van der Waals surface area contributed by atoms with Crippen LogP contribution in [0.3, 0.4) is 0 Å². The van der Waals surface area contributed by atoms with Gasteiger partial charge < -0.3 is 9.42 Å². The lowest BCUT2D eigenvalue weighted by Crippen LogP contribution is -2.32. The second-order valence-electron chi connectivity index (χ2n) is 5.84. The number of amides is 1. The molecule has 0 N–H and O–H groups in total. The van der Waals surface area contributed by atoms with Crippen molar-refractivity contribution in [1.82, 2.24) is 15.0 Å². The summed E-state index contributed by atoms with van der Waals surface area (Å²) in [5.41, 5.74) is 2.70. The van der Waals surface area contributed by atoms with Gasteiger partial charge in [-0.3, -0.25) is 4.79 Å². The molecule has 2 aromatic carbocycles. The molecule has 1 heterocycles. The number of rotatable bonds is 6. The van der Waals surface area contributed by atoms with E-state index in [0.717, 1.165) is 12.0 Å². The molecular formula is C20H21N3O2. The maximum absolute atomic E-state index is 12.7. The molecule has 0 atom stereocenters. The average molecular weight is 335 g/mol. The van der Waals surface area contributed by atoms with E-state index < -0.39 is 0 Å². The second-order valence-corrected chi connectivity index (χ2v) is 5.84. The van der Waals surface area contributed by atoms with Crippen LogP contribution in [0.2, 0.25) is 0 Å². The van der Waals surface area contributed by atoms with E-state index >= 15 is 0 Å². The first-order valence-corrected chi connectivity index (χ1v) is 8.41. The van der Waals surface area contributed by atoms with Gasteiger partial charge in [-0.15, -0.1) is 0 Å². The molecule has 0 aliphatic heterocycles. The van der Waals surface area contributed by atoms with Crippen molar-refractivity contribution in [3.63, 3.8) is 0 Å². The highest BCUT2D eigenvalue weighted by Gasteiger charge is 2.15. The molecule has 0 radical (unpaired) electrons. The summed E-state index contributed by atoms with van der Waals surface area (Å²) in [6, 6.07) is 17.5. The van der Waals surface area contributed by atoms with Crippen molar-refractivity contribution in [3.05, 3.63) is 71.5 Å². The monoisotopic (exact) mass is 335 g/mol. The third-order valence-electron chi connectivity index (χ3n) is 4.09. The minimum absolute atomic E-state index is 0.0340. The quantitative estimate of drug-likeness (QED) is 0.688. The Morgan fingerprint density at radius 3 is 2.40 bits per heavy atom. The van der Waals surface area contributed by atoms with Crippen LogP contribution >= 0.6 is 0 Å². The molecule has 25 heavy (non-hydrogen) atoms. The van der Waals surface area contributed by atoms with Crippen molar-refractivity contribution in [2.24, 2.45) is 0 Å². The number of hydrogen-bond acceptors (Lipinski definition) is 4.